The lowest BCUT2D eigenvalue weighted by Gasteiger charge is -2.17. The Morgan fingerprint density at radius 3 is 2.64 bits per heavy atom. The van der Waals surface area contributed by atoms with Crippen LogP contribution >= 0.6 is 27.7 Å². The molecule has 2 aromatic rings. The van der Waals surface area contributed by atoms with Crippen molar-refractivity contribution in [3.05, 3.63) is 69.7 Å². The summed E-state index contributed by atoms with van der Waals surface area (Å²) in [6.07, 6.45) is 4.71. The SMILES string of the molecule is CCCC[C@@H]1S/C(=N\N=C/c2ccc(Br)cc2)N(Cc2ccccc2C)C1=O. The van der Waals surface area contributed by atoms with Crippen LogP contribution in [0.15, 0.2) is 63.2 Å². The molecule has 1 heterocycles. The summed E-state index contributed by atoms with van der Waals surface area (Å²) in [6, 6.07) is 16.0. The number of hydrogen-bond acceptors (Lipinski definition) is 4. The van der Waals surface area contributed by atoms with Crippen LogP contribution in [0.3, 0.4) is 0 Å². The van der Waals surface area contributed by atoms with Crippen molar-refractivity contribution in [2.24, 2.45) is 10.2 Å². The van der Waals surface area contributed by atoms with Crippen molar-refractivity contribution >= 4 is 45.0 Å². The average molecular weight is 458 g/mol. The van der Waals surface area contributed by atoms with E-state index in [9.17, 15) is 4.79 Å². The van der Waals surface area contributed by atoms with Crippen molar-refractivity contribution in [2.75, 3.05) is 0 Å². The molecule has 1 amide bonds. The molecule has 0 bridgehead atoms. The fourth-order valence-corrected chi connectivity index (χ4v) is 4.36. The first-order valence-electron chi connectivity index (χ1n) is 9.47. The van der Waals surface area contributed by atoms with E-state index in [1.807, 2.05) is 36.4 Å². The molecule has 4 nitrogen and oxygen atoms in total. The fraction of sp³-hybridized carbons (Fsp3) is 0.318. The van der Waals surface area contributed by atoms with Gasteiger partial charge in [-0.05, 0) is 42.2 Å². The second-order valence-corrected chi connectivity index (χ2v) is 8.86. The van der Waals surface area contributed by atoms with E-state index in [4.69, 9.17) is 0 Å². The normalized spacial score (nSPS) is 18.5. The van der Waals surface area contributed by atoms with Gasteiger partial charge >= 0.3 is 0 Å². The lowest BCUT2D eigenvalue weighted by atomic mass is 10.1. The zero-order valence-corrected chi connectivity index (χ0v) is 18.5. The van der Waals surface area contributed by atoms with E-state index < -0.39 is 0 Å². The number of carbonyl (C=O) groups excluding carboxylic acids is 1. The minimum atomic E-state index is -0.0643. The molecule has 0 radical (unpaired) electrons. The van der Waals surface area contributed by atoms with Crippen LogP contribution in [-0.4, -0.2) is 27.4 Å². The first-order chi connectivity index (χ1) is 13.6. The Hall–Kier alpha value is -1.92. The molecule has 0 spiro atoms. The third-order valence-electron chi connectivity index (χ3n) is 4.65. The minimum Gasteiger partial charge on any atom is -0.284 e. The van der Waals surface area contributed by atoms with E-state index in [1.165, 1.54) is 17.3 Å². The number of carbonyl (C=O) groups is 1. The van der Waals surface area contributed by atoms with Gasteiger partial charge in [0.05, 0.1) is 18.0 Å². The van der Waals surface area contributed by atoms with Gasteiger partial charge in [-0.1, -0.05) is 83.9 Å². The van der Waals surface area contributed by atoms with Gasteiger partial charge < -0.3 is 0 Å². The first-order valence-corrected chi connectivity index (χ1v) is 11.1. The molecule has 1 aliphatic heterocycles. The molecule has 1 saturated heterocycles. The van der Waals surface area contributed by atoms with Crippen LogP contribution in [0.4, 0.5) is 0 Å². The number of unbranched alkanes of at least 4 members (excludes halogenated alkanes) is 1. The number of rotatable bonds is 7. The van der Waals surface area contributed by atoms with E-state index >= 15 is 0 Å². The second-order valence-electron chi connectivity index (χ2n) is 6.78. The molecule has 6 heteroatoms. The molecule has 1 fully saturated rings. The van der Waals surface area contributed by atoms with Crippen molar-refractivity contribution < 1.29 is 4.79 Å². The van der Waals surface area contributed by atoms with Crippen LogP contribution < -0.4 is 0 Å². The molecule has 0 unspecified atom stereocenters. The first kappa shape index (κ1) is 20.8. The minimum absolute atomic E-state index is 0.0643. The Morgan fingerprint density at radius 2 is 1.93 bits per heavy atom. The second kappa shape index (κ2) is 10.0. The van der Waals surface area contributed by atoms with Crippen molar-refractivity contribution in [3.8, 4) is 0 Å². The van der Waals surface area contributed by atoms with Gasteiger partial charge in [0.1, 0.15) is 0 Å². The quantitative estimate of drug-likeness (QED) is 0.390. The Labute approximate surface area is 179 Å². The molecular weight excluding hydrogens is 434 g/mol. The zero-order valence-electron chi connectivity index (χ0n) is 16.1. The number of nitrogens with zero attached hydrogens (tertiary/aromatic N) is 3. The summed E-state index contributed by atoms with van der Waals surface area (Å²) in [6.45, 7) is 4.75. The highest BCUT2D eigenvalue weighted by atomic mass is 79.9. The molecule has 1 aliphatic rings. The molecule has 2 aromatic carbocycles. The van der Waals surface area contributed by atoms with Crippen molar-refractivity contribution in [2.45, 2.75) is 44.9 Å². The maximum absolute atomic E-state index is 13.0. The van der Waals surface area contributed by atoms with E-state index in [0.717, 1.165) is 34.9 Å². The van der Waals surface area contributed by atoms with E-state index in [0.29, 0.717) is 11.7 Å². The Bertz CT molecular complexity index is 880. The lowest BCUT2D eigenvalue weighted by molar-refractivity contribution is -0.126. The van der Waals surface area contributed by atoms with Crippen LogP contribution in [0.5, 0.6) is 0 Å². The number of hydrogen-bond donors (Lipinski definition) is 0. The van der Waals surface area contributed by atoms with E-state index in [-0.39, 0.29) is 11.2 Å². The predicted octanol–water partition coefficient (Wildman–Crippen LogP) is 5.78. The van der Waals surface area contributed by atoms with Gasteiger partial charge in [0.25, 0.3) is 0 Å². The third kappa shape index (κ3) is 5.32. The molecular formula is C22H24BrN3OS. The van der Waals surface area contributed by atoms with Gasteiger partial charge in [0, 0.05) is 4.47 Å². The Morgan fingerprint density at radius 1 is 1.18 bits per heavy atom. The summed E-state index contributed by atoms with van der Waals surface area (Å²) in [7, 11) is 0. The predicted molar refractivity (Wildman–Crippen MR) is 122 cm³/mol. The van der Waals surface area contributed by atoms with Crippen LogP contribution in [0, 0.1) is 6.92 Å². The Balaban J connectivity index is 1.81. The van der Waals surface area contributed by atoms with Gasteiger partial charge in [-0.2, -0.15) is 5.10 Å². The van der Waals surface area contributed by atoms with Gasteiger partial charge in [0.15, 0.2) is 5.17 Å². The number of thioether (sulfide) groups is 1. The largest absolute Gasteiger partial charge is 0.284 e. The Kier molecular flexibility index (Phi) is 7.45. The summed E-state index contributed by atoms with van der Waals surface area (Å²) >= 11 is 4.96. The van der Waals surface area contributed by atoms with Gasteiger partial charge in [-0.3, -0.25) is 9.69 Å². The van der Waals surface area contributed by atoms with Gasteiger partial charge in [-0.15, -0.1) is 5.10 Å². The van der Waals surface area contributed by atoms with Crippen LogP contribution in [0.25, 0.3) is 0 Å². The van der Waals surface area contributed by atoms with Crippen molar-refractivity contribution in [3.63, 3.8) is 0 Å². The summed E-state index contributed by atoms with van der Waals surface area (Å²) in [5, 5.41) is 9.27. The van der Waals surface area contributed by atoms with Crippen LogP contribution in [0.2, 0.25) is 0 Å². The van der Waals surface area contributed by atoms with Gasteiger partial charge in [-0.25, -0.2) is 0 Å². The van der Waals surface area contributed by atoms with Crippen molar-refractivity contribution in [1.29, 1.82) is 0 Å². The topological polar surface area (TPSA) is 45.0 Å². The number of amidine groups is 1. The van der Waals surface area contributed by atoms with Gasteiger partial charge in [0.2, 0.25) is 5.91 Å². The molecule has 146 valence electrons. The standard InChI is InChI=1S/C22H24BrN3OS/c1-3-4-9-20-21(27)26(15-18-8-6-5-7-16(18)2)22(28-20)25-24-14-17-10-12-19(23)13-11-17/h5-8,10-14,20H,3-4,9,15H2,1-2H3/b24-14-,25-22-/t20-/m0/s1. The monoisotopic (exact) mass is 457 g/mol. The third-order valence-corrected chi connectivity index (χ3v) is 6.41. The molecule has 0 N–H and O–H groups in total. The number of halogens is 1. The molecule has 0 saturated carbocycles. The molecule has 28 heavy (non-hydrogen) atoms. The lowest BCUT2D eigenvalue weighted by Crippen LogP contribution is -2.31. The summed E-state index contributed by atoms with van der Waals surface area (Å²) in [5.74, 6) is 0.138. The zero-order chi connectivity index (χ0) is 19.9. The fourth-order valence-electron chi connectivity index (χ4n) is 2.96. The number of aryl methyl sites for hydroxylation is 1. The maximum Gasteiger partial charge on any atom is 0.242 e. The highest BCUT2D eigenvalue weighted by Gasteiger charge is 2.37. The average Bonchev–Trinajstić information content (AvgIpc) is 2.98. The summed E-state index contributed by atoms with van der Waals surface area (Å²) in [4.78, 5) is 14.8. The highest BCUT2D eigenvalue weighted by Crippen LogP contribution is 2.32. The highest BCUT2D eigenvalue weighted by molar-refractivity contribution is 9.10. The number of amides is 1. The molecule has 0 aliphatic carbocycles. The van der Waals surface area contributed by atoms with Crippen LogP contribution in [0.1, 0.15) is 42.9 Å². The van der Waals surface area contributed by atoms with E-state index in [2.05, 4.69) is 52.1 Å². The number of benzene rings is 2. The molecule has 3 rings (SSSR count). The van der Waals surface area contributed by atoms with E-state index in [1.54, 1.807) is 11.1 Å². The maximum atomic E-state index is 13.0. The van der Waals surface area contributed by atoms with Crippen molar-refractivity contribution in [1.82, 2.24) is 4.90 Å². The summed E-state index contributed by atoms with van der Waals surface area (Å²) in [5.41, 5.74) is 3.28. The summed E-state index contributed by atoms with van der Waals surface area (Å²) < 4.78 is 1.02. The molecule has 0 aromatic heterocycles. The van der Waals surface area contributed by atoms with Crippen LogP contribution in [-0.2, 0) is 11.3 Å². The smallest absolute Gasteiger partial charge is 0.242 e. The molecule has 1 atom stereocenters.